The van der Waals surface area contributed by atoms with Crippen molar-refractivity contribution in [3.05, 3.63) is 76.4 Å². The van der Waals surface area contributed by atoms with Crippen molar-refractivity contribution in [1.82, 2.24) is 10.3 Å². The van der Waals surface area contributed by atoms with Crippen molar-refractivity contribution in [2.45, 2.75) is 25.7 Å². The molecule has 9 heteroatoms. The fourth-order valence-electron chi connectivity index (χ4n) is 3.82. The summed E-state index contributed by atoms with van der Waals surface area (Å²) in [5.74, 6) is 0.0604. The summed E-state index contributed by atoms with van der Waals surface area (Å²) in [5.41, 5.74) is 1.95. The van der Waals surface area contributed by atoms with Crippen LogP contribution in [0.1, 0.15) is 40.7 Å². The van der Waals surface area contributed by atoms with Crippen molar-refractivity contribution in [2.24, 2.45) is 0 Å². The second-order valence-corrected chi connectivity index (χ2v) is 8.29. The molecule has 0 bridgehead atoms. The minimum atomic E-state index is -0.914. The van der Waals surface area contributed by atoms with Gasteiger partial charge in [-0.05, 0) is 56.2 Å². The first kappa shape index (κ1) is 24.3. The predicted molar refractivity (Wildman–Crippen MR) is 130 cm³/mol. The van der Waals surface area contributed by atoms with Crippen molar-refractivity contribution in [3.8, 4) is 23.1 Å². The fraction of sp³-hybridized carbons (Fsp3) is 0.269. The molecule has 0 radical (unpaired) electrons. The summed E-state index contributed by atoms with van der Waals surface area (Å²) in [6, 6.07) is 13.6. The zero-order valence-electron chi connectivity index (χ0n) is 19.1. The van der Waals surface area contributed by atoms with E-state index in [4.69, 9.17) is 25.8 Å². The number of amides is 1. The summed E-state index contributed by atoms with van der Waals surface area (Å²) in [4.78, 5) is 28.2. The van der Waals surface area contributed by atoms with Crippen LogP contribution in [0.25, 0.3) is 0 Å². The molecule has 1 aromatic heterocycles. The molecule has 2 aromatic carbocycles. The number of carbonyl (C=O) groups is 2. The van der Waals surface area contributed by atoms with Crippen LogP contribution in [-0.2, 0) is 11.2 Å². The first-order chi connectivity index (χ1) is 17.0. The largest absolute Gasteiger partial charge is 0.493 e. The molecule has 35 heavy (non-hydrogen) atoms. The van der Waals surface area contributed by atoms with Crippen molar-refractivity contribution in [1.29, 1.82) is 0 Å². The van der Waals surface area contributed by atoms with Gasteiger partial charge in [0.05, 0.1) is 24.2 Å². The molecule has 1 aliphatic rings. The van der Waals surface area contributed by atoms with E-state index in [2.05, 4.69) is 10.3 Å². The molecule has 1 unspecified atom stereocenters. The van der Waals surface area contributed by atoms with E-state index in [0.29, 0.717) is 66.9 Å². The summed E-state index contributed by atoms with van der Waals surface area (Å²) in [6.07, 6.45) is 2.66. The minimum Gasteiger partial charge on any atom is -0.493 e. The highest BCUT2D eigenvalue weighted by atomic mass is 35.5. The lowest BCUT2D eigenvalue weighted by Gasteiger charge is -2.24. The molecular formula is C26H25ClN2O6. The number of carboxylic acids is 1. The third kappa shape index (κ3) is 5.84. The number of aliphatic carboxylic acids is 1. The molecule has 0 saturated carbocycles. The zero-order valence-corrected chi connectivity index (χ0v) is 19.9. The summed E-state index contributed by atoms with van der Waals surface area (Å²) < 4.78 is 17.0. The maximum absolute atomic E-state index is 12.5. The first-order valence-electron chi connectivity index (χ1n) is 11.3. The lowest BCUT2D eigenvalue weighted by molar-refractivity contribution is -0.139. The van der Waals surface area contributed by atoms with Crippen LogP contribution in [0.4, 0.5) is 0 Å². The Morgan fingerprint density at radius 1 is 1.23 bits per heavy atom. The van der Waals surface area contributed by atoms with Gasteiger partial charge in [-0.2, -0.15) is 0 Å². The summed E-state index contributed by atoms with van der Waals surface area (Å²) in [6.45, 7) is 3.17. The molecule has 1 atom stereocenters. The average Bonchev–Trinajstić information content (AvgIpc) is 2.85. The molecule has 0 aliphatic carbocycles. The molecule has 3 aromatic rings. The van der Waals surface area contributed by atoms with Gasteiger partial charge in [-0.15, -0.1) is 0 Å². The van der Waals surface area contributed by atoms with Crippen molar-refractivity contribution in [3.63, 3.8) is 0 Å². The van der Waals surface area contributed by atoms with E-state index in [1.165, 1.54) is 0 Å². The van der Waals surface area contributed by atoms with E-state index in [9.17, 15) is 14.7 Å². The number of carbonyl (C=O) groups excluding carboxylic acids is 1. The van der Waals surface area contributed by atoms with Gasteiger partial charge in [0, 0.05) is 35.5 Å². The minimum absolute atomic E-state index is 0.210. The Kier molecular flexibility index (Phi) is 7.72. The topological polar surface area (TPSA) is 107 Å². The van der Waals surface area contributed by atoms with Crippen molar-refractivity contribution >= 4 is 23.5 Å². The van der Waals surface area contributed by atoms with Gasteiger partial charge in [-0.1, -0.05) is 17.7 Å². The zero-order chi connectivity index (χ0) is 24.8. The lowest BCUT2D eigenvalue weighted by atomic mass is 9.93. The number of nitrogens with zero attached hydrogens (tertiary/aromatic N) is 1. The van der Waals surface area contributed by atoms with Crippen LogP contribution in [0.5, 0.6) is 23.1 Å². The number of aromatic nitrogens is 1. The maximum atomic E-state index is 12.5. The molecule has 8 nitrogen and oxygen atoms in total. The summed E-state index contributed by atoms with van der Waals surface area (Å²) in [5, 5.41) is 12.6. The molecule has 0 saturated heterocycles. The van der Waals surface area contributed by atoms with E-state index < -0.39 is 11.9 Å². The van der Waals surface area contributed by atoms with Gasteiger partial charge in [0.15, 0.2) is 0 Å². The first-order valence-corrected chi connectivity index (χ1v) is 11.7. The molecule has 182 valence electrons. The van der Waals surface area contributed by atoms with Gasteiger partial charge in [0.2, 0.25) is 5.88 Å². The maximum Gasteiger partial charge on any atom is 0.311 e. The Hall–Kier alpha value is -3.78. The van der Waals surface area contributed by atoms with Crippen LogP contribution >= 0.6 is 11.6 Å². The number of ether oxygens (including phenoxy) is 3. The Morgan fingerprint density at radius 3 is 2.77 bits per heavy atom. The van der Waals surface area contributed by atoms with E-state index in [0.717, 1.165) is 5.56 Å². The Bertz CT molecular complexity index is 1210. The van der Waals surface area contributed by atoms with E-state index >= 15 is 0 Å². The molecular weight excluding hydrogens is 472 g/mol. The number of carboxylic acid groups (broad SMARTS) is 1. The van der Waals surface area contributed by atoms with E-state index in [1.807, 2.05) is 19.1 Å². The van der Waals surface area contributed by atoms with Crippen LogP contribution in [0.2, 0.25) is 5.02 Å². The van der Waals surface area contributed by atoms with Crippen LogP contribution < -0.4 is 19.5 Å². The number of hydrogen-bond donors (Lipinski definition) is 2. The average molecular weight is 497 g/mol. The number of hydrogen-bond acceptors (Lipinski definition) is 6. The molecule has 0 spiro atoms. The number of fused-ring (bicyclic) bond motifs is 1. The summed E-state index contributed by atoms with van der Waals surface area (Å²) >= 11 is 6.35. The van der Waals surface area contributed by atoms with Crippen LogP contribution in [0.15, 0.2) is 54.7 Å². The van der Waals surface area contributed by atoms with Gasteiger partial charge in [-0.3, -0.25) is 9.59 Å². The number of nitrogens with one attached hydrogen (secondary N) is 1. The van der Waals surface area contributed by atoms with Gasteiger partial charge < -0.3 is 24.6 Å². The molecule has 1 amide bonds. The quantitative estimate of drug-likeness (QED) is 0.436. The smallest absolute Gasteiger partial charge is 0.311 e. The van der Waals surface area contributed by atoms with Crippen molar-refractivity contribution < 1.29 is 28.9 Å². The van der Waals surface area contributed by atoms with Gasteiger partial charge in [0.25, 0.3) is 5.91 Å². The molecule has 2 N–H and O–H groups in total. The van der Waals surface area contributed by atoms with Crippen LogP contribution in [0, 0.1) is 0 Å². The van der Waals surface area contributed by atoms with Crippen LogP contribution in [0.3, 0.4) is 0 Å². The monoisotopic (exact) mass is 496 g/mol. The number of pyridine rings is 1. The number of benzene rings is 2. The SMILES string of the molecule is CCOc1ncccc1CCNC(=O)c1ccc(Oc2cc3c(cc2Cl)C(C(=O)O)CCO3)cc1. The lowest BCUT2D eigenvalue weighted by Crippen LogP contribution is -2.25. The molecule has 0 fully saturated rings. The Balaban J connectivity index is 1.37. The van der Waals surface area contributed by atoms with Gasteiger partial charge >= 0.3 is 5.97 Å². The standard InChI is InChI=1S/C26H25ClN2O6/c1-2-33-25-17(4-3-11-29-25)9-12-28-24(30)16-5-7-18(8-6-16)35-23-15-22-20(14-21(23)27)19(26(31)32)10-13-34-22/h3-8,11,14-15,19H,2,9-10,12-13H2,1H3,(H,28,30)(H,31,32). The molecule has 2 heterocycles. The third-order valence-electron chi connectivity index (χ3n) is 5.56. The summed E-state index contributed by atoms with van der Waals surface area (Å²) in [7, 11) is 0. The van der Waals surface area contributed by atoms with Gasteiger partial charge in [-0.25, -0.2) is 4.98 Å². The normalized spacial score (nSPS) is 14.4. The van der Waals surface area contributed by atoms with Crippen LogP contribution in [-0.4, -0.2) is 41.7 Å². The van der Waals surface area contributed by atoms with E-state index in [1.54, 1.807) is 42.6 Å². The number of halogens is 1. The molecule has 4 rings (SSSR count). The van der Waals surface area contributed by atoms with Gasteiger partial charge in [0.1, 0.15) is 17.2 Å². The Morgan fingerprint density at radius 2 is 2.03 bits per heavy atom. The third-order valence-corrected chi connectivity index (χ3v) is 5.85. The Labute approximate surface area is 207 Å². The second kappa shape index (κ2) is 11.1. The predicted octanol–water partition coefficient (Wildman–Crippen LogP) is 4.85. The highest BCUT2D eigenvalue weighted by Crippen LogP contribution is 2.41. The van der Waals surface area contributed by atoms with E-state index in [-0.39, 0.29) is 10.9 Å². The second-order valence-electron chi connectivity index (χ2n) is 7.88. The fourth-order valence-corrected chi connectivity index (χ4v) is 4.03. The molecule has 1 aliphatic heterocycles. The number of rotatable bonds is 9. The highest BCUT2D eigenvalue weighted by molar-refractivity contribution is 6.32. The van der Waals surface area contributed by atoms with Crippen molar-refractivity contribution in [2.75, 3.05) is 19.8 Å². The highest BCUT2D eigenvalue weighted by Gasteiger charge is 2.29.